The van der Waals surface area contributed by atoms with E-state index in [9.17, 15) is 0 Å². The lowest BCUT2D eigenvalue weighted by molar-refractivity contribution is 0.0543. The predicted molar refractivity (Wildman–Crippen MR) is 73.4 cm³/mol. The maximum Gasteiger partial charge on any atom is 0.0469 e. The van der Waals surface area contributed by atoms with Crippen molar-refractivity contribution < 1.29 is 4.74 Å². The third kappa shape index (κ3) is 7.02. The summed E-state index contributed by atoms with van der Waals surface area (Å²) in [5, 5.41) is 3.50. The van der Waals surface area contributed by atoms with Crippen molar-refractivity contribution in [3.05, 3.63) is 0 Å². The Hall–Kier alpha value is -0.120. The summed E-state index contributed by atoms with van der Waals surface area (Å²) in [5.41, 5.74) is 0. The number of ether oxygens (including phenoxy) is 1. The first-order chi connectivity index (χ1) is 8.22. The first-order valence-corrected chi connectivity index (χ1v) is 7.19. The van der Waals surface area contributed by atoms with E-state index >= 15 is 0 Å². The smallest absolute Gasteiger partial charge is 0.0469 e. The predicted octanol–water partition coefficient (Wildman–Crippen LogP) is 1.98. The summed E-state index contributed by atoms with van der Waals surface area (Å²) in [4.78, 5) is 2.49. The molecule has 3 heteroatoms. The second kappa shape index (κ2) is 8.90. The van der Waals surface area contributed by atoms with Crippen molar-refractivity contribution in [1.82, 2.24) is 10.2 Å². The molecule has 0 aromatic rings. The highest BCUT2D eigenvalue weighted by atomic mass is 16.5. The van der Waals surface area contributed by atoms with Crippen LogP contribution in [0, 0.1) is 11.8 Å². The van der Waals surface area contributed by atoms with Gasteiger partial charge in [0.15, 0.2) is 0 Å². The van der Waals surface area contributed by atoms with Crippen molar-refractivity contribution >= 4 is 0 Å². The van der Waals surface area contributed by atoms with Gasteiger partial charge in [-0.1, -0.05) is 13.8 Å². The molecule has 1 rings (SSSR count). The van der Waals surface area contributed by atoms with Crippen molar-refractivity contribution in [3.8, 4) is 0 Å². The van der Waals surface area contributed by atoms with Crippen molar-refractivity contribution in [3.63, 3.8) is 0 Å². The minimum absolute atomic E-state index is 0.742. The average molecular weight is 242 g/mol. The van der Waals surface area contributed by atoms with Gasteiger partial charge in [0.2, 0.25) is 0 Å². The second-order valence-corrected chi connectivity index (χ2v) is 5.59. The summed E-state index contributed by atoms with van der Waals surface area (Å²) < 4.78 is 5.40. The fourth-order valence-corrected chi connectivity index (χ4v) is 2.57. The van der Waals surface area contributed by atoms with Crippen LogP contribution < -0.4 is 5.32 Å². The molecule has 1 fully saturated rings. The highest BCUT2D eigenvalue weighted by Gasteiger charge is 2.16. The number of rotatable bonds is 8. The summed E-state index contributed by atoms with van der Waals surface area (Å²) >= 11 is 0. The van der Waals surface area contributed by atoms with Gasteiger partial charge in [0.25, 0.3) is 0 Å². The number of hydrogen-bond acceptors (Lipinski definition) is 3. The van der Waals surface area contributed by atoms with Crippen molar-refractivity contribution in [2.75, 3.05) is 46.4 Å². The molecule has 0 amide bonds. The quantitative estimate of drug-likeness (QED) is 0.659. The topological polar surface area (TPSA) is 24.5 Å². The Morgan fingerprint density at radius 1 is 1.35 bits per heavy atom. The molecule has 0 aliphatic carbocycles. The zero-order valence-electron chi connectivity index (χ0n) is 11.9. The molecule has 1 heterocycles. The van der Waals surface area contributed by atoms with E-state index in [-0.39, 0.29) is 0 Å². The molecule has 0 aromatic heterocycles. The first kappa shape index (κ1) is 14.9. The van der Waals surface area contributed by atoms with Crippen molar-refractivity contribution in [2.24, 2.45) is 11.8 Å². The van der Waals surface area contributed by atoms with Crippen LogP contribution in [0.1, 0.15) is 33.1 Å². The lowest BCUT2D eigenvalue weighted by atomic mass is 9.99. The van der Waals surface area contributed by atoms with E-state index < -0.39 is 0 Å². The van der Waals surface area contributed by atoms with E-state index in [0.29, 0.717) is 0 Å². The lowest BCUT2D eigenvalue weighted by Gasteiger charge is -2.28. The monoisotopic (exact) mass is 242 g/mol. The molecule has 1 N–H and O–H groups in total. The third-order valence-electron chi connectivity index (χ3n) is 3.45. The molecule has 102 valence electrons. The zero-order valence-corrected chi connectivity index (χ0v) is 11.9. The van der Waals surface area contributed by atoms with E-state index in [4.69, 9.17) is 4.74 Å². The lowest BCUT2D eigenvalue weighted by Crippen LogP contribution is -2.35. The van der Waals surface area contributed by atoms with Crippen LogP contribution in [0.5, 0.6) is 0 Å². The molecule has 0 spiro atoms. The molecule has 0 aromatic carbocycles. The Balaban J connectivity index is 2.07. The van der Waals surface area contributed by atoms with Gasteiger partial charge in [-0.15, -0.1) is 0 Å². The Bertz CT molecular complexity index is 181. The van der Waals surface area contributed by atoms with Crippen molar-refractivity contribution in [1.29, 1.82) is 0 Å². The summed E-state index contributed by atoms with van der Waals surface area (Å²) in [6, 6.07) is 0. The molecular formula is C14H30N2O. The summed E-state index contributed by atoms with van der Waals surface area (Å²) in [7, 11) is 2.26. The minimum Gasteiger partial charge on any atom is -0.381 e. The number of nitrogens with one attached hydrogen (secondary N) is 1. The van der Waals surface area contributed by atoms with Crippen LogP contribution >= 0.6 is 0 Å². The van der Waals surface area contributed by atoms with Crippen LogP contribution in [0.25, 0.3) is 0 Å². The Morgan fingerprint density at radius 2 is 2.06 bits per heavy atom. The molecule has 1 saturated heterocycles. The molecule has 1 unspecified atom stereocenters. The second-order valence-electron chi connectivity index (χ2n) is 5.59. The molecule has 0 bridgehead atoms. The standard InChI is InChI=1S/C14H30N2O/c1-4-7-15-10-13(2)11-16(3)12-14-5-8-17-9-6-14/h13-15H,4-12H2,1-3H3. The zero-order chi connectivity index (χ0) is 12.5. The largest absolute Gasteiger partial charge is 0.381 e. The third-order valence-corrected chi connectivity index (χ3v) is 3.45. The maximum absolute atomic E-state index is 5.40. The number of nitrogens with zero attached hydrogens (tertiary/aromatic N) is 1. The minimum atomic E-state index is 0.742. The Morgan fingerprint density at radius 3 is 2.71 bits per heavy atom. The van der Waals surface area contributed by atoms with E-state index in [2.05, 4.69) is 31.1 Å². The van der Waals surface area contributed by atoms with Crippen LogP contribution in [0.2, 0.25) is 0 Å². The van der Waals surface area contributed by atoms with Gasteiger partial charge in [-0.25, -0.2) is 0 Å². The summed E-state index contributed by atoms with van der Waals surface area (Å²) in [5.74, 6) is 1.59. The van der Waals surface area contributed by atoms with Gasteiger partial charge in [0.05, 0.1) is 0 Å². The van der Waals surface area contributed by atoms with Gasteiger partial charge >= 0.3 is 0 Å². The van der Waals surface area contributed by atoms with Crippen LogP contribution in [0.3, 0.4) is 0 Å². The van der Waals surface area contributed by atoms with E-state index in [0.717, 1.165) is 38.1 Å². The SMILES string of the molecule is CCCNCC(C)CN(C)CC1CCOCC1. The van der Waals surface area contributed by atoms with E-state index in [1.807, 2.05) is 0 Å². The number of hydrogen-bond donors (Lipinski definition) is 1. The fraction of sp³-hybridized carbons (Fsp3) is 1.00. The maximum atomic E-state index is 5.40. The molecule has 0 radical (unpaired) electrons. The Labute approximate surface area is 107 Å². The van der Waals surface area contributed by atoms with Gasteiger partial charge < -0.3 is 15.0 Å². The first-order valence-electron chi connectivity index (χ1n) is 7.19. The van der Waals surface area contributed by atoms with E-state index in [1.165, 1.54) is 32.4 Å². The van der Waals surface area contributed by atoms with E-state index in [1.54, 1.807) is 0 Å². The van der Waals surface area contributed by atoms with Gasteiger partial charge in [-0.3, -0.25) is 0 Å². The van der Waals surface area contributed by atoms with Crippen molar-refractivity contribution in [2.45, 2.75) is 33.1 Å². The van der Waals surface area contributed by atoms with Crippen LogP contribution in [-0.4, -0.2) is 51.3 Å². The summed E-state index contributed by atoms with van der Waals surface area (Å²) in [6.07, 6.45) is 3.71. The molecule has 1 atom stereocenters. The van der Waals surface area contributed by atoms with Gasteiger partial charge in [-0.05, 0) is 51.2 Å². The highest BCUT2D eigenvalue weighted by molar-refractivity contribution is 4.69. The van der Waals surface area contributed by atoms with Gasteiger partial charge in [0.1, 0.15) is 0 Å². The molecule has 17 heavy (non-hydrogen) atoms. The van der Waals surface area contributed by atoms with Gasteiger partial charge in [0, 0.05) is 26.3 Å². The van der Waals surface area contributed by atoms with Crippen LogP contribution in [-0.2, 0) is 4.74 Å². The summed E-state index contributed by atoms with van der Waals surface area (Å²) in [6.45, 7) is 11.2. The average Bonchev–Trinajstić information content (AvgIpc) is 2.30. The Kier molecular flexibility index (Phi) is 7.82. The van der Waals surface area contributed by atoms with Gasteiger partial charge in [-0.2, -0.15) is 0 Å². The normalized spacial score (nSPS) is 19.8. The molecule has 1 aliphatic heterocycles. The molecule has 1 aliphatic rings. The molecular weight excluding hydrogens is 212 g/mol. The molecule has 0 saturated carbocycles. The highest BCUT2D eigenvalue weighted by Crippen LogP contribution is 2.15. The van der Waals surface area contributed by atoms with Crippen LogP contribution in [0.4, 0.5) is 0 Å². The molecule has 3 nitrogen and oxygen atoms in total. The fourth-order valence-electron chi connectivity index (χ4n) is 2.57. The van der Waals surface area contributed by atoms with Crippen LogP contribution in [0.15, 0.2) is 0 Å².